The summed E-state index contributed by atoms with van der Waals surface area (Å²) < 4.78 is 12.9. The fraction of sp³-hybridized carbons (Fsp3) is 0.294. The van der Waals surface area contributed by atoms with E-state index in [2.05, 4.69) is 15.3 Å². The van der Waals surface area contributed by atoms with Crippen molar-refractivity contribution in [3.05, 3.63) is 53.6 Å². The van der Waals surface area contributed by atoms with E-state index in [0.29, 0.717) is 44.2 Å². The molecule has 0 spiro atoms. The number of halogens is 1. The van der Waals surface area contributed by atoms with Gasteiger partial charge in [-0.3, -0.25) is 9.59 Å². The number of hydrogen-bond acceptors (Lipinski definition) is 5. The topological polar surface area (TPSA) is 78.4 Å². The minimum absolute atomic E-state index is 0.290. The van der Waals surface area contributed by atoms with E-state index in [-0.39, 0.29) is 11.7 Å². The third-order valence-electron chi connectivity index (χ3n) is 4.01. The van der Waals surface area contributed by atoms with Gasteiger partial charge in [-0.2, -0.15) is 0 Å². The van der Waals surface area contributed by atoms with Gasteiger partial charge in [0.2, 0.25) is 12.4 Å². The first-order valence-corrected chi connectivity index (χ1v) is 7.94. The lowest BCUT2D eigenvalue weighted by Gasteiger charge is -2.32. The largest absolute Gasteiger partial charge is 0.348 e. The highest BCUT2D eigenvalue weighted by molar-refractivity contribution is 5.93. The van der Waals surface area contributed by atoms with Crippen molar-refractivity contribution in [3.8, 4) is 0 Å². The maximum Gasteiger partial charge on any atom is 0.254 e. The molecule has 1 aliphatic heterocycles. The number of carbonyl (C=O) groups is 2. The summed E-state index contributed by atoms with van der Waals surface area (Å²) in [6.45, 7) is 2.89. The van der Waals surface area contributed by atoms with Crippen molar-refractivity contribution in [1.29, 1.82) is 0 Å². The van der Waals surface area contributed by atoms with Crippen molar-refractivity contribution < 1.29 is 14.0 Å². The highest BCUT2D eigenvalue weighted by Crippen LogP contribution is 2.10. The first kappa shape index (κ1) is 16.8. The summed E-state index contributed by atoms with van der Waals surface area (Å²) in [6, 6.07) is 5.94. The van der Waals surface area contributed by atoms with Crippen LogP contribution in [-0.4, -0.2) is 53.4 Å². The smallest absolute Gasteiger partial charge is 0.254 e. The van der Waals surface area contributed by atoms with Gasteiger partial charge in [0.15, 0.2) is 0 Å². The number of hydrogen-bond donors (Lipinski definition) is 1. The first-order valence-electron chi connectivity index (χ1n) is 7.94. The monoisotopic (exact) mass is 343 g/mol. The Hall–Kier alpha value is -3.03. The standard InChI is InChI=1S/C17H18FN5O2/c18-15-3-1-13(2-4-15)9-19-16(25)14-10-20-17(21-11-14)23-7-5-22(12-24)6-8-23/h1-4,10-12H,5-9H2,(H,19,25). The van der Waals surface area contributed by atoms with Crippen molar-refractivity contribution >= 4 is 18.3 Å². The first-order chi connectivity index (χ1) is 12.2. The fourth-order valence-electron chi connectivity index (χ4n) is 2.52. The van der Waals surface area contributed by atoms with Crippen molar-refractivity contribution in [3.63, 3.8) is 0 Å². The molecule has 8 heteroatoms. The van der Waals surface area contributed by atoms with Gasteiger partial charge in [0.05, 0.1) is 5.56 Å². The number of carbonyl (C=O) groups excluding carboxylic acids is 2. The molecule has 1 N–H and O–H groups in total. The van der Waals surface area contributed by atoms with Gasteiger partial charge in [-0.1, -0.05) is 12.1 Å². The molecule has 7 nitrogen and oxygen atoms in total. The molecule has 2 amide bonds. The van der Waals surface area contributed by atoms with Gasteiger partial charge in [0.1, 0.15) is 5.82 Å². The number of aromatic nitrogens is 2. The second-order valence-electron chi connectivity index (χ2n) is 5.71. The van der Waals surface area contributed by atoms with Crippen LogP contribution in [0, 0.1) is 5.82 Å². The van der Waals surface area contributed by atoms with Crippen molar-refractivity contribution in [2.75, 3.05) is 31.1 Å². The third-order valence-corrected chi connectivity index (χ3v) is 4.01. The summed E-state index contributed by atoms with van der Waals surface area (Å²) in [5.74, 6) is -0.0599. The Bertz CT molecular complexity index is 728. The molecular weight excluding hydrogens is 325 g/mol. The normalized spacial score (nSPS) is 14.3. The minimum atomic E-state index is -0.312. The van der Waals surface area contributed by atoms with E-state index in [1.165, 1.54) is 24.5 Å². The Labute approximate surface area is 144 Å². The van der Waals surface area contributed by atoms with Gasteiger partial charge in [0, 0.05) is 45.1 Å². The van der Waals surface area contributed by atoms with Crippen molar-refractivity contribution in [2.24, 2.45) is 0 Å². The zero-order valence-corrected chi connectivity index (χ0v) is 13.6. The highest BCUT2D eigenvalue weighted by atomic mass is 19.1. The van der Waals surface area contributed by atoms with Gasteiger partial charge >= 0.3 is 0 Å². The molecule has 25 heavy (non-hydrogen) atoms. The zero-order valence-electron chi connectivity index (χ0n) is 13.6. The van der Waals surface area contributed by atoms with E-state index < -0.39 is 0 Å². The Balaban J connectivity index is 1.55. The molecule has 3 rings (SSSR count). The summed E-state index contributed by atoms with van der Waals surface area (Å²) in [7, 11) is 0. The molecule has 1 aromatic carbocycles. The minimum Gasteiger partial charge on any atom is -0.348 e. The van der Waals surface area contributed by atoms with Crippen LogP contribution in [0.15, 0.2) is 36.7 Å². The average Bonchev–Trinajstić information content (AvgIpc) is 2.67. The quantitative estimate of drug-likeness (QED) is 0.814. The van der Waals surface area contributed by atoms with Crippen LogP contribution in [0.5, 0.6) is 0 Å². The van der Waals surface area contributed by atoms with Crippen molar-refractivity contribution in [1.82, 2.24) is 20.2 Å². The van der Waals surface area contributed by atoms with E-state index >= 15 is 0 Å². The Morgan fingerprint density at radius 1 is 1.12 bits per heavy atom. The van der Waals surface area contributed by atoms with Crippen LogP contribution in [0.1, 0.15) is 15.9 Å². The van der Waals surface area contributed by atoms with E-state index in [4.69, 9.17) is 0 Å². The number of amides is 2. The number of nitrogens with zero attached hydrogens (tertiary/aromatic N) is 4. The Morgan fingerprint density at radius 3 is 2.36 bits per heavy atom. The van der Waals surface area contributed by atoms with Crippen LogP contribution in [0.25, 0.3) is 0 Å². The Kier molecular flexibility index (Phi) is 5.17. The molecule has 0 radical (unpaired) electrons. The van der Waals surface area contributed by atoms with Crippen LogP contribution in [0.4, 0.5) is 10.3 Å². The van der Waals surface area contributed by atoms with Gasteiger partial charge < -0.3 is 15.1 Å². The fourth-order valence-corrected chi connectivity index (χ4v) is 2.52. The van der Waals surface area contributed by atoms with Crippen LogP contribution in [-0.2, 0) is 11.3 Å². The van der Waals surface area contributed by atoms with E-state index in [1.807, 2.05) is 4.90 Å². The zero-order chi connectivity index (χ0) is 17.6. The molecule has 2 heterocycles. The Morgan fingerprint density at radius 2 is 1.76 bits per heavy atom. The van der Waals surface area contributed by atoms with Gasteiger partial charge in [0.25, 0.3) is 5.91 Å². The molecule has 0 aliphatic carbocycles. The number of rotatable bonds is 5. The second-order valence-corrected chi connectivity index (χ2v) is 5.71. The predicted octanol–water partition coefficient (Wildman–Crippen LogP) is 0.824. The maximum absolute atomic E-state index is 12.9. The van der Waals surface area contributed by atoms with Crippen molar-refractivity contribution in [2.45, 2.75) is 6.54 Å². The molecule has 2 aromatic rings. The molecule has 130 valence electrons. The van der Waals surface area contributed by atoms with E-state index in [0.717, 1.165) is 12.0 Å². The van der Waals surface area contributed by atoms with Crippen LogP contribution in [0.3, 0.4) is 0 Å². The number of anilines is 1. The SMILES string of the molecule is O=CN1CCN(c2ncc(C(=O)NCc3ccc(F)cc3)cn2)CC1. The predicted molar refractivity (Wildman–Crippen MR) is 89.5 cm³/mol. The van der Waals surface area contributed by atoms with Gasteiger partial charge in [-0.05, 0) is 17.7 Å². The molecular formula is C17H18FN5O2. The number of nitrogens with one attached hydrogen (secondary N) is 1. The summed E-state index contributed by atoms with van der Waals surface area (Å²) in [5.41, 5.74) is 1.16. The van der Waals surface area contributed by atoms with Gasteiger partial charge in [-0.25, -0.2) is 14.4 Å². The van der Waals surface area contributed by atoms with Crippen LogP contribution in [0.2, 0.25) is 0 Å². The van der Waals surface area contributed by atoms with Crippen LogP contribution >= 0.6 is 0 Å². The molecule has 0 atom stereocenters. The molecule has 0 unspecified atom stereocenters. The lowest BCUT2D eigenvalue weighted by molar-refractivity contribution is -0.118. The van der Waals surface area contributed by atoms with Gasteiger partial charge in [-0.15, -0.1) is 0 Å². The maximum atomic E-state index is 12.9. The lowest BCUT2D eigenvalue weighted by Crippen LogP contribution is -2.46. The summed E-state index contributed by atoms with van der Waals surface area (Å²) in [4.78, 5) is 35.0. The van der Waals surface area contributed by atoms with E-state index in [1.54, 1.807) is 17.0 Å². The third kappa shape index (κ3) is 4.28. The summed E-state index contributed by atoms with van der Waals surface area (Å²) in [6.07, 6.45) is 3.80. The number of piperazine rings is 1. The summed E-state index contributed by atoms with van der Waals surface area (Å²) in [5, 5.41) is 2.75. The lowest BCUT2D eigenvalue weighted by atomic mass is 10.2. The molecule has 0 saturated carbocycles. The summed E-state index contributed by atoms with van der Waals surface area (Å²) >= 11 is 0. The average molecular weight is 343 g/mol. The second kappa shape index (κ2) is 7.69. The number of benzene rings is 1. The molecule has 1 fully saturated rings. The van der Waals surface area contributed by atoms with E-state index in [9.17, 15) is 14.0 Å². The van der Waals surface area contributed by atoms with Crippen LogP contribution < -0.4 is 10.2 Å². The molecule has 0 bridgehead atoms. The molecule has 1 aliphatic rings. The molecule has 1 saturated heterocycles. The highest BCUT2D eigenvalue weighted by Gasteiger charge is 2.18. The molecule has 1 aromatic heterocycles.